The van der Waals surface area contributed by atoms with Crippen molar-refractivity contribution < 1.29 is 8.78 Å². The van der Waals surface area contributed by atoms with Gasteiger partial charge in [0.2, 0.25) is 0 Å². The Morgan fingerprint density at radius 2 is 1.65 bits per heavy atom. The molecule has 0 N–H and O–H groups in total. The highest BCUT2D eigenvalue weighted by atomic mass is 35.5. The molecule has 2 rings (SSSR count). The van der Waals surface area contributed by atoms with Gasteiger partial charge in [0.25, 0.3) is 0 Å². The lowest BCUT2D eigenvalue weighted by atomic mass is 10.0. The van der Waals surface area contributed by atoms with Crippen LogP contribution in [0.2, 0.25) is 5.02 Å². The third-order valence-corrected chi connectivity index (χ3v) is 2.64. The van der Waals surface area contributed by atoms with Crippen LogP contribution in [0.15, 0.2) is 36.4 Å². The van der Waals surface area contributed by atoms with Crippen LogP contribution in [-0.2, 0) is 0 Å². The lowest BCUT2D eigenvalue weighted by Crippen LogP contribution is -1.92. The second-order valence-corrected chi connectivity index (χ2v) is 3.81. The van der Waals surface area contributed by atoms with E-state index in [1.807, 2.05) is 0 Å². The molecule has 0 aromatic heterocycles. The van der Waals surface area contributed by atoms with E-state index in [9.17, 15) is 8.78 Å². The van der Waals surface area contributed by atoms with Gasteiger partial charge >= 0.3 is 0 Å². The summed E-state index contributed by atoms with van der Waals surface area (Å²) in [5.74, 6) is -1.59. The van der Waals surface area contributed by atoms with Gasteiger partial charge in [-0.25, -0.2) is 8.78 Å². The molecule has 0 fully saturated rings. The maximum atomic E-state index is 13.7. The van der Waals surface area contributed by atoms with E-state index < -0.39 is 11.6 Å². The summed E-state index contributed by atoms with van der Waals surface area (Å²) in [7, 11) is 0. The Morgan fingerprint density at radius 1 is 1.06 bits per heavy atom. The Morgan fingerprint density at radius 3 is 2.18 bits per heavy atom. The minimum atomic E-state index is -0.797. The monoisotopic (exact) mass is 249 g/mol. The Balaban J connectivity index is 2.70. The lowest BCUT2D eigenvalue weighted by molar-refractivity contribution is 0.589. The van der Waals surface area contributed by atoms with Gasteiger partial charge in [0.05, 0.1) is 17.2 Å². The van der Waals surface area contributed by atoms with E-state index in [2.05, 4.69) is 0 Å². The first-order valence-corrected chi connectivity index (χ1v) is 5.15. The molecule has 2 aromatic rings. The van der Waals surface area contributed by atoms with Crippen LogP contribution in [-0.4, -0.2) is 0 Å². The van der Waals surface area contributed by atoms with Crippen molar-refractivity contribution in [3.05, 3.63) is 58.6 Å². The molecule has 0 spiro atoms. The van der Waals surface area contributed by atoms with Crippen LogP contribution in [0.25, 0.3) is 11.1 Å². The highest BCUT2D eigenvalue weighted by molar-refractivity contribution is 6.33. The zero-order chi connectivity index (χ0) is 12.4. The van der Waals surface area contributed by atoms with Gasteiger partial charge in [0.15, 0.2) is 0 Å². The summed E-state index contributed by atoms with van der Waals surface area (Å²) >= 11 is 5.88. The number of nitrogens with zero attached hydrogens (tertiary/aromatic N) is 1. The van der Waals surface area contributed by atoms with Gasteiger partial charge in [-0.3, -0.25) is 0 Å². The zero-order valence-corrected chi connectivity index (χ0v) is 9.30. The highest BCUT2D eigenvalue weighted by Gasteiger charge is 2.15. The first-order valence-electron chi connectivity index (χ1n) is 4.77. The number of hydrogen-bond acceptors (Lipinski definition) is 1. The first-order chi connectivity index (χ1) is 8.13. The van der Waals surface area contributed by atoms with E-state index in [1.54, 1.807) is 24.3 Å². The van der Waals surface area contributed by atoms with Gasteiger partial charge < -0.3 is 0 Å². The minimum Gasteiger partial charge on any atom is -0.206 e. The van der Waals surface area contributed by atoms with Gasteiger partial charge in [0, 0.05) is 10.6 Å². The molecule has 2 aromatic carbocycles. The quantitative estimate of drug-likeness (QED) is 0.745. The molecule has 0 saturated heterocycles. The molecule has 0 aliphatic heterocycles. The Labute approximate surface area is 102 Å². The molecule has 0 saturated carbocycles. The second kappa shape index (κ2) is 4.52. The van der Waals surface area contributed by atoms with Crippen LogP contribution in [0.1, 0.15) is 5.56 Å². The highest BCUT2D eigenvalue weighted by Crippen LogP contribution is 2.32. The molecular weight excluding hydrogens is 244 g/mol. The van der Waals surface area contributed by atoms with Crippen molar-refractivity contribution in [2.24, 2.45) is 0 Å². The second-order valence-electron chi connectivity index (χ2n) is 3.41. The number of halogens is 3. The standard InChI is InChI=1S/C13H6ClF2N/c14-10-4-2-1-3-9(10)13-11(15)5-8(7-17)6-12(13)16/h1-6H. The summed E-state index contributed by atoms with van der Waals surface area (Å²) in [6, 6.07) is 10.0. The van der Waals surface area contributed by atoms with E-state index in [0.29, 0.717) is 0 Å². The molecule has 0 atom stereocenters. The fourth-order valence-electron chi connectivity index (χ4n) is 1.56. The molecule has 0 radical (unpaired) electrons. The molecule has 4 heteroatoms. The van der Waals surface area contributed by atoms with Gasteiger partial charge in [-0.1, -0.05) is 29.8 Å². The predicted molar refractivity (Wildman–Crippen MR) is 61.5 cm³/mol. The van der Waals surface area contributed by atoms with Gasteiger partial charge in [-0.2, -0.15) is 5.26 Å². The Hall–Kier alpha value is -1.92. The van der Waals surface area contributed by atoms with Crippen molar-refractivity contribution in [3.63, 3.8) is 0 Å². The summed E-state index contributed by atoms with van der Waals surface area (Å²) in [5, 5.41) is 8.85. The fraction of sp³-hybridized carbons (Fsp3) is 0. The maximum absolute atomic E-state index is 13.7. The molecule has 0 aliphatic carbocycles. The van der Waals surface area contributed by atoms with E-state index in [4.69, 9.17) is 16.9 Å². The maximum Gasteiger partial charge on any atom is 0.135 e. The average molecular weight is 250 g/mol. The third-order valence-electron chi connectivity index (χ3n) is 2.31. The summed E-state index contributed by atoms with van der Waals surface area (Å²) < 4.78 is 27.4. The summed E-state index contributed by atoms with van der Waals surface area (Å²) in [6.45, 7) is 0. The molecule has 0 amide bonds. The zero-order valence-electron chi connectivity index (χ0n) is 8.55. The number of hydrogen-bond donors (Lipinski definition) is 0. The molecule has 0 aliphatic rings. The average Bonchev–Trinajstić information content (AvgIpc) is 2.30. The summed E-state index contributed by atoms with van der Waals surface area (Å²) in [4.78, 5) is 0. The van der Waals surface area contributed by atoms with E-state index in [1.165, 1.54) is 6.07 Å². The topological polar surface area (TPSA) is 23.8 Å². The van der Waals surface area contributed by atoms with Crippen molar-refractivity contribution in [2.75, 3.05) is 0 Å². The third kappa shape index (κ3) is 2.13. The molecule has 0 heterocycles. The fourth-order valence-corrected chi connectivity index (χ4v) is 1.79. The molecule has 1 nitrogen and oxygen atoms in total. The van der Waals surface area contributed by atoms with Crippen LogP contribution in [0.3, 0.4) is 0 Å². The largest absolute Gasteiger partial charge is 0.206 e. The lowest BCUT2D eigenvalue weighted by Gasteiger charge is -2.07. The molecule has 17 heavy (non-hydrogen) atoms. The molecule has 0 bridgehead atoms. The van der Waals surface area contributed by atoms with Crippen molar-refractivity contribution in [1.82, 2.24) is 0 Å². The van der Waals surface area contributed by atoms with Crippen molar-refractivity contribution in [3.8, 4) is 17.2 Å². The van der Waals surface area contributed by atoms with Crippen LogP contribution >= 0.6 is 11.6 Å². The normalized spacial score (nSPS) is 10.0. The summed E-state index contributed by atoms with van der Waals surface area (Å²) in [6.07, 6.45) is 0. The van der Waals surface area contributed by atoms with Crippen molar-refractivity contribution in [2.45, 2.75) is 0 Å². The van der Waals surface area contributed by atoms with Crippen LogP contribution in [0.5, 0.6) is 0 Å². The molecular formula is C13H6ClF2N. The Bertz CT molecular complexity index is 594. The van der Waals surface area contributed by atoms with E-state index in [0.717, 1.165) is 12.1 Å². The van der Waals surface area contributed by atoms with Crippen LogP contribution in [0, 0.1) is 23.0 Å². The molecule has 84 valence electrons. The molecule has 0 unspecified atom stereocenters. The van der Waals surface area contributed by atoms with E-state index >= 15 is 0 Å². The van der Waals surface area contributed by atoms with Gasteiger partial charge in [0.1, 0.15) is 11.6 Å². The number of rotatable bonds is 1. The van der Waals surface area contributed by atoms with Crippen molar-refractivity contribution >= 4 is 11.6 Å². The van der Waals surface area contributed by atoms with Crippen molar-refractivity contribution in [1.29, 1.82) is 5.26 Å². The minimum absolute atomic E-state index is 0.0594. The number of nitriles is 1. The van der Waals surface area contributed by atoms with Gasteiger partial charge in [-0.05, 0) is 18.2 Å². The number of benzene rings is 2. The first kappa shape index (κ1) is 11.6. The van der Waals surface area contributed by atoms with Crippen LogP contribution in [0.4, 0.5) is 8.78 Å². The summed E-state index contributed by atoms with van der Waals surface area (Å²) in [5.41, 5.74) is -0.000870. The van der Waals surface area contributed by atoms with Gasteiger partial charge in [-0.15, -0.1) is 0 Å². The van der Waals surface area contributed by atoms with Crippen LogP contribution < -0.4 is 0 Å². The Kier molecular flexibility index (Phi) is 3.08. The smallest absolute Gasteiger partial charge is 0.135 e. The SMILES string of the molecule is N#Cc1cc(F)c(-c2ccccc2Cl)c(F)c1. The van der Waals surface area contributed by atoms with E-state index in [-0.39, 0.29) is 21.7 Å². The predicted octanol–water partition coefficient (Wildman–Crippen LogP) is 4.16.